The van der Waals surface area contributed by atoms with Crippen LogP contribution in [0.25, 0.3) is 0 Å². The van der Waals surface area contributed by atoms with Crippen LogP contribution in [-0.2, 0) is 0 Å². The highest BCUT2D eigenvalue weighted by molar-refractivity contribution is 5.50. The Kier molecular flexibility index (Phi) is 5.10. The molecule has 0 aliphatic carbocycles. The van der Waals surface area contributed by atoms with Gasteiger partial charge in [-0.15, -0.1) is 0 Å². The molecule has 2 heterocycles. The first-order chi connectivity index (χ1) is 11.3. The lowest BCUT2D eigenvalue weighted by molar-refractivity contribution is 0.194. The minimum absolute atomic E-state index is 0.107. The minimum Gasteiger partial charge on any atom is -0.493 e. The standard InChI is InChI=1S/C18H23N3O2/c1-22-16-7-3-6-15(18(16)23-2)17(14-5-4-8-20-13-14)21-11-9-19-10-12-21/h3-8,13,17,19H,9-12H2,1-2H3. The van der Waals surface area contributed by atoms with E-state index in [0.717, 1.165) is 43.2 Å². The van der Waals surface area contributed by atoms with Gasteiger partial charge in [0, 0.05) is 44.1 Å². The van der Waals surface area contributed by atoms with Crippen molar-refractivity contribution >= 4 is 0 Å². The van der Waals surface area contributed by atoms with Crippen molar-refractivity contribution in [3.8, 4) is 11.5 Å². The lowest BCUT2D eigenvalue weighted by Gasteiger charge is -2.36. The number of benzene rings is 1. The number of piperazine rings is 1. The van der Waals surface area contributed by atoms with Crippen molar-refractivity contribution < 1.29 is 9.47 Å². The number of ether oxygens (including phenoxy) is 2. The van der Waals surface area contributed by atoms with Crippen LogP contribution in [0.2, 0.25) is 0 Å². The van der Waals surface area contributed by atoms with Gasteiger partial charge in [-0.25, -0.2) is 0 Å². The van der Waals surface area contributed by atoms with Gasteiger partial charge in [-0.3, -0.25) is 9.88 Å². The Hall–Kier alpha value is -2.11. The highest BCUT2D eigenvalue weighted by Gasteiger charge is 2.27. The van der Waals surface area contributed by atoms with E-state index in [9.17, 15) is 0 Å². The number of hydrogen-bond acceptors (Lipinski definition) is 5. The monoisotopic (exact) mass is 313 g/mol. The van der Waals surface area contributed by atoms with Gasteiger partial charge in [-0.2, -0.15) is 0 Å². The van der Waals surface area contributed by atoms with E-state index < -0.39 is 0 Å². The number of hydrogen-bond donors (Lipinski definition) is 1. The molecule has 5 nitrogen and oxygen atoms in total. The molecule has 1 unspecified atom stereocenters. The molecule has 1 atom stereocenters. The summed E-state index contributed by atoms with van der Waals surface area (Å²) in [7, 11) is 3.37. The molecule has 1 N–H and O–H groups in total. The summed E-state index contributed by atoms with van der Waals surface area (Å²) in [6, 6.07) is 10.3. The van der Waals surface area contributed by atoms with E-state index in [2.05, 4.69) is 27.3 Å². The maximum atomic E-state index is 5.67. The van der Waals surface area contributed by atoms with E-state index in [1.54, 1.807) is 20.4 Å². The fourth-order valence-corrected chi connectivity index (χ4v) is 3.19. The largest absolute Gasteiger partial charge is 0.493 e. The highest BCUT2D eigenvalue weighted by atomic mass is 16.5. The molecule has 1 saturated heterocycles. The molecule has 0 saturated carbocycles. The van der Waals surface area contributed by atoms with Crippen LogP contribution in [0.15, 0.2) is 42.7 Å². The lowest BCUT2D eigenvalue weighted by atomic mass is 9.96. The van der Waals surface area contributed by atoms with Crippen molar-refractivity contribution in [2.45, 2.75) is 6.04 Å². The van der Waals surface area contributed by atoms with Crippen LogP contribution in [0, 0.1) is 0 Å². The molecule has 1 aromatic heterocycles. The molecule has 0 bridgehead atoms. The molecule has 1 aromatic carbocycles. The first-order valence-corrected chi connectivity index (χ1v) is 7.90. The van der Waals surface area contributed by atoms with Crippen LogP contribution in [0.1, 0.15) is 17.2 Å². The Balaban J connectivity index is 2.08. The van der Waals surface area contributed by atoms with Gasteiger partial charge in [-0.1, -0.05) is 18.2 Å². The van der Waals surface area contributed by atoms with E-state index in [1.807, 2.05) is 24.4 Å². The van der Waals surface area contributed by atoms with Gasteiger partial charge < -0.3 is 14.8 Å². The fourth-order valence-electron chi connectivity index (χ4n) is 3.19. The average molecular weight is 313 g/mol. The SMILES string of the molecule is COc1cccc(C(c2cccnc2)N2CCNCC2)c1OC. The molecule has 1 aliphatic heterocycles. The summed E-state index contributed by atoms with van der Waals surface area (Å²) in [6.45, 7) is 3.95. The zero-order chi connectivity index (χ0) is 16.1. The van der Waals surface area contributed by atoms with Crippen LogP contribution >= 0.6 is 0 Å². The molecule has 1 fully saturated rings. The van der Waals surface area contributed by atoms with Gasteiger partial charge in [0.25, 0.3) is 0 Å². The molecule has 23 heavy (non-hydrogen) atoms. The van der Waals surface area contributed by atoms with E-state index in [0.29, 0.717) is 0 Å². The van der Waals surface area contributed by atoms with Crippen LogP contribution in [-0.4, -0.2) is 50.3 Å². The van der Waals surface area contributed by atoms with Crippen molar-refractivity contribution in [2.75, 3.05) is 40.4 Å². The van der Waals surface area contributed by atoms with Gasteiger partial charge in [0.05, 0.1) is 20.3 Å². The van der Waals surface area contributed by atoms with Crippen molar-refractivity contribution in [1.82, 2.24) is 15.2 Å². The van der Waals surface area contributed by atoms with Crippen molar-refractivity contribution in [3.63, 3.8) is 0 Å². The topological polar surface area (TPSA) is 46.6 Å². The van der Waals surface area contributed by atoms with Gasteiger partial charge in [-0.05, 0) is 17.7 Å². The Morgan fingerprint density at radius 1 is 1.09 bits per heavy atom. The Bertz CT molecular complexity index is 627. The third kappa shape index (κ3) is 3.30. The summed E-state index contributed by atoms with van der Waals surface area (Å²) in [5.41, 5.74) is 2.28. The molecule has 122 valence electrons. The summed E-state index contributed by atoms with van der Waals surface area (Å²) in [5.74, 6) is 1.55. The molecule has 1 aliphatic rings. The first-order valence-electron chi connectivity index (χ1n) is 7.90. The van der Waals surface area contributed by atoms with Crippen LogP contribution in [0.4, 0.5) is 0 Å². The highest BCUT2D eigenvalue weighted by Crippen LogP contribution is 2.39. The third-order valence-electron chi connectivity index (χ3n) is 4.24. The van der Waals surface area contributed by atoms with Crippen molar-refractivity contribution in [3.05, 3.63) is 53.9 Å². The van der Waals surface area contributed by atoms with Crippen LogP contribution < -0.4 is 14.8 Å². The number of nitrogens with zero attached hydrogens (tertiary/aromatic N) is 2. The summed E-state index contributed by atoms with van der Waals surface area (Å²) in [6.07, 6.45) is 3.74. The average Bonchev–Trinajstić information content (AvgIpc) is 2.63. The van der Waals surface area contributed by atoms with E-state index in [1.165, 1.54) is 5.56 Å². The minimum atomic E-state index is 0.107. The Morgan fingerprint density at radius 3 is 2.57 bits per heavy atom. The quantitative estimate of drug-likeness (QED) is 0.916. The maximum absolute atomic E-state index is 5.67. The number of aromatic nitrogens is 1. The second kappa shape index (κ2) is 7.44. The first kappa shape index (κ1) is 15.8. The smallest absolute Gasteiger partial charge is 0.165 e. The second-order valence-corrected chi connectivity index (χ2v) is 5.56. The van der Waals surface area contributed by atoms with Crippen molar-refractivity contribution in [1.29, 1.82) is 0 Å². The van der Waals surface area contributed by atoms with Gasteiger partial charge >= 0.3 is 0 Å². The van der Waals surface area contributed by atoms with Crippen molar-refractivity contribution in [2.24, 2.45) is 0 Å². The predicted molar refractivity (Wildman–Crippen MR) is 90.1 cm³/mol. The fraction of sp³-hybridized carbons (Fsp3) is 0.389. The zero-order valence-corrected chi connectivity index (χ0v) is 13.7. The van der Waals surface area contributed by atoms with Crippen LogP contribution in [0.5, 0.6) is 11.5 Å². The summed E-state index contributed by atoms with van der Waals surface area (Å²) in [5, 5.41) is 3.41. The predicted octanol–water partition coefficient (Wildman–Crippen LogP) is 2.09. The lowest BCUT2D eigenvalue weighted by Crippen LogP contribution is -2.45. The molecule has 2 aromatic rings. The maximum Gasteiger partial charge on any atom is 0.165 e. The normalized spacial score (nSPS) is 16.8. The number of rotatable bonds is 5. The molecular formula is C18H23N3O2. The molecule has 0 radical (unpaired) electrons. The summed E-state index contributed by atoms with van der Waals surface area (Å²) < 4.78 is 11.2. The number of pyridine rings is 1. The number of para-hydroxylation sites is 1. The van der Waals surface area contributed by atoms with Gasteiger partial charge in [0.15, 0.2) is 11.5 Å². The number of methoxy groups -OCH3 is 2. The molecule has 0 amide bonds. The summed E-state index contributed by atoms with van der Waals surface area (Å²) >= 11 is 0. The van der Waals surface area contributed by atoms with E-state index in [-0.39, 0.29) is 6.04 Å². The molecule has 3 rings (SSSR count). The van der Waals surface area contributed by atoms with E-state index >= 15 is 0 Å². The third-order valence-corrected chi connectivity index (χ3v) is 4.24. The Labute approximate surface area is 137 Å². The van der Waals surface area contributed by atoms with Gasteiger partial charge in [0.1, 0.15) is 0 Å². The zero-order valence-electron chi connectivity index (χ0n) is 13.7. The van der Waals surface area contributed by atoms with Gasteiger partial charge in [0.2, 0.25) is 0 Å². The number of nitrogens with one attached hydrogen (secondary N) is 1. The second-order valence-electron chi connectivity index (χ2n) is 5.56. The molecule has 5 heteroatoms. The van der Waals surface area contributed by atoms with Crippen LogP contribution in [0.3, 0.4) is 0 Å². The summed E-state index contributed by atoms with van der Waals surface area (Å²) in [4.78, 5) is 6.77. The molecular weight excluding hydrogens is 290 g/mol. The molecule has 0 spiro atoms. The Morgan fingerprint density at radius 2 is 1.91 bits per heavy atom. The van der Waals surface area contributed by atoms with E-state index in [4.69, 9.17) is 9.47 Å².